The number of nitrogens with zero attached hydrogens (tertiary/aromatic N) is 10. The van der Waals surface area contributed by atoms with Crippen molar-refractivity contribution in [2.45, 2.75) is 46.6 Å². The van der Waals surface area contributed by atoms with Gasteiger partial charge in [0, 0.05) is 54.5 Å². The Kier molecular flexibility index (Phi) is 17.3. The van der Waals surface area contributed by atoms with E-state index in [4.69, 9.17) is 43.9 Å². The molecule has 25 heteroatoms. The van der Waals surface area contributed by atoms with Crippen molar-refractivity contribution >= 4 is 86.9 Å². The number of morpholine rings is 2. The molecule has 6 heterocycles. The van der Waals surface area contributed by atoms with Gasteiger partial charge < -0.3 is 33.9 Å². The highest BCUT2D eigenvalue weighted by atomic mass is 32.2. The Morgan fingerprint density at radius 2 is 0.965 bits per heavy atom. The van der Waals surface area contributed by atoms with Crippen LogP contribution in [-0.2, 0) is 42.5 Å². The first-order chi connectivity index (χ1) is 41.7. The number of methoxy groups -OCH3 is 2. The molecule has 2 aliphatic rings. The maximum Gasteiger partial charge on any atom is 0.238 e. The Hall–Kier alpha value is -8.62. The Balaban J connectivity index is 0.000000179. The predicted octanol–water partition coefficient (Wildman–Crippen LogP) is 9.60. The molecule has 448 valence electrons. The van der Waals surface area contributed by atoms with Gasteiger partial charge in [-0.3, -0.25) is 18.6 Å². The van der Waals surface area contributed by atoms with E-state index in [1.54, 1.807) is 68.0 Å². The van der Waals surface area contributed by atoms with Crippen molar-refractivity contribution in [2.24, 2.45) is 0 Å². The molecule has 2 aliphatic heterocycles. The van der Waals surface area contributed by atoms with Crippen LogP contribution in [0.3, 0.4) is 0 Å². The third-order valence-corrected chi connectivity index (χ3v) is 17.7. The van der Waals surface area contributed by atoms with Crippen LogP contribution in [-0.4, -0.2) is 139 Å². The van der Waals surface area contributed by atoms with Crippen molar-refractivity contribution in [2.75, 3.05) is 97.6 Å². The number of para-hydroxylation sites is 4. The summed E-state index contributed by atoms with van der Waals surface area (Å²) >= 11 is 0. The summed E-state index contributed by atoms with van der Waals surface area (Å²) in [5.74, 6) is 2.44. The number of aryl methyl sites for hydroxylation is 1. The molecule has 2 saturated heterocycles. The molecule has 0 saturated carbocycles. The predicted molar refractivity (Wildman–Crippen MR) is 329 cm³/mol. The fourth-order valence-corrected chi connectivity index (χ4v) is 13.0. The zero-order chi connectivity index (χ0) is 60.3. The van der Waals surface area contributed by atoms with Crippen molar-refractivity contribution < 1.29 is 49.7 Å². The molecule has 86 heavy (non-hydrogen) atoms. The second kappa shape index (κ2) is 25.1. The third kappa shape index (κ3) is 11.9. The van der Waals surface area contributed by atoms with Crippen LogP contribution in [0.4, 0.5) is 31.8 Å². The summed E-state index contributed by atoms with van der Waals surface area (Å²) < 4.78 is 113. The zero-order valence-electron chi connectivity index (χ0n) is 48.0. The average Bonchev–Trinajstić information content (AvgIpc) is 1.43. The molecule has 3 N–H and O–H groups in total. The van der Waals surface area contributed by atoms with Gasteiger partial charge in [0.2, 0.25) is 31.9 Å². The minimum atomic E-state index is -3.70. The lowest BCUT2D eigenvalue weighted by molar-refractivity contribution is 0.122. The van der Waals surface area contributed by atoms with E-state index >= 15 is 8.78 Å². The number of anilines is 4. The van der Waals surface area contributed by atoms with E-state index in [9.17, 15) is 21.9 Å². The summed E-state index contributed by atoms with van der Waals surface area (Å²) in [6.45, 7) is 9.68. The van der Waals surface area contributed by atoms with E-state index in [0.29, 0.717) is 151 Å². The van der Waals surface area contributed by atoms with Gasteiger partial charge in [-0.25, -0.2) is 45.6 Å². The molecule has 0 spiro atoms. The second-order valence-electron chi connectivity index (χ2n) is 20.4. The van der Waals surface area contributed by atoms with Gasteiger partial charge in [-0.05, 0) is 84.6 Å². The minimum Gasteiger partial charge on any atom is -0.494 e. The van der Waals surface area contributed by atoms with Crippen molar-refractivity contribution in [1.82, 2.24) is 39.0 Å². The monoisotopic (exact) mass is 1210 g/mol. The number of ether oxygens (including phenoxy) is 4. The van der Waals surface area contributed by atoms with Crippen LogP contribution in [0.15, 0.2) is 109 Å². The van der Waals surface area contributed by atoms with Gasteiger partial charge in [-0.1, -0.05) is 69.3 Å². The first-order valence-corrected chi connectivity index (χ1v) is 31.5. The Bertz CT molecular complexity index is 4120. The number of fused-ring (bicyclic) bond motifs is 4. The smallest absolute Gasteiger partial charge is 0.238 e. The van der Waals surface area contributed by atoms with Gasteiger partial charge in [-0.15, -0.1) is 0 Å². The van der Waals surface area contributed by atoms with Crippen LogP contribution in [0.5, 0.6) is 11.5 Å². The van der Waals surface area contributed by atoms with Gasteiger partial charge in [0.05, 0.1) is 85.6 Å². The summed E-state index contributed by atoms with van der Waals surface area (Å²) in [5, 5.41) is 11.5. The number of aliphatic hydroxyl groups excluding tert-OH is 1. The largest absolute Gasteiger partial charge is 0.494 e. The molecular formula is C61H64F2N12O9S2. The summed E-state index contributed by atoms with van der Waals surface area (Å²) in [6.07, 6.45) is 1.50. The van der Waals surface area contributed by atoms with Gasteiger partial charge in [-0.2, -0.15) is 9.97 Å². The van der Waals surface area contributed by atoms with Crippen LogP contribution in [0.1, 0.15) is 45.3 Å². The number of imidazole rings is 2. The standard InChI is InChI=1S/C31H33FN6O4S.C30H31FN6O5S/c1-4-17-43(39,40)36-24-11-8-9-21(28(24)32)20-18-22-29(26(19-20)41-3)34-31(35-30(22)37-13-15-42-16-14-37)38-25-12-7-6-10-23(25)33-27(38)5-2;1-3-15-43(39,40)35-23-9-6-7-20(27(23)31)19-16-21-28(25(17-19)41-2)33-30(34-29(21)36-11-13-42-14-12-36)37-24-10-5-4-8-22(24)32-26(37)18-38/h6-12,18-19,36H,4-5,13-17H2,1-3H3;4-10,16-17,35,38H,3,11-15,18H2,1-2H3. The second-order valence-corrected chi connectivity index (χ2v) is 24.1. The molecule has 0 aliphatic carbocycles. The van der Waals surface area contributed by atoms with Gasteiger partial charge >= 0.3 is 0 Å². The highest BCUT2D eigenvalue weighted by molar-refractivity contribution is 7.92. The van der Waals surface area contributed by atoms with Crippen molar-refractivity contribution in [3.63, 3.8) is 0 Å². The molecule has 6 aromatic carbocycles. The fraction of sp³-hybridized carbons (Fsp3) is 0.311. The number of sulfonamides is 2. The number of aromatic nitrogens is 8. The first kappa shape index (κ1) is 59.1. The molecule has 0 bridgehead atoms. The molecule has 10 aromatic rings. The summed E-state index contributed by atoms with van der Waals surface area (Å²) in [4.78, 5) is 33.5. The summed E-state index contributed by atoms with van der Waals surface area (Å²) in [7, 11) is -4.33. The normalized spacial score (nSPS) is 14.0. The van der Waals surface area contributed by atoms with Crippen LogP contribution in [0.2, 0.25) is 0 Å². The van der Waals surface area contributed by atoms with Crippen molar-refractivity contribution in [1.29, 1.82) is 0 Å². The van der Waals surface area contributed by atoms with E-state index in [2.05, 4.69) is 24.2 Å². The lowest BCUT2D eigenvalue weighted by Gasteiger charge is -2.29. The number of hydrogen-bond donors (Lipinski definition) is 3. The van der Waals surface area contributed by atoms with Crippen LogP contribution >= 0.6 is 0 Å². The molecule has 0 atom stereocenters. The van der Waals surface area contributed by atoms with Gasteiger partial charge in [0.15, 0.2) is 11.6 Å². The third-order valence-electron chi connectivity index (χ3n) is 14.7. The number of rotatable bonds is 18. The SMILES string of the molecule is CCCS(=O)(=O)Nc1cccc(-c2cc(OC)c3nc(-n4c(CC)nc5ccccc54)nc(N4CCOCC4)c3c2)c1F.CCCS(=O)(=O)Nc1cccc(-c2cc(OC)c3nc(-n4c(CO)nc5ccccc54)nc(N4CCOCC4)c3c2)c1F. The number of aliphatic hydroxyl groups is 1. The van der Waals surface area contributed by atoms with E-state index < -0.39 is 31.7 Å². The Morgan fingerprint density at radius 1 is 0.547 bits per heavy atom. The van der Waals surface area contributed by atoms with E-state index in [1.165, 1.54) is 19.2 Å². The molecule has 0 unspecified atom stereocenters. The molecule has 4 aromatic heterocycles. The van der Waals surface area contributed by atoms with Gasteiger partial charge in [0.1, 0.15) is 52.4 Å². The number of nitrogens with one attached hydrogen (secondary N) is 2. The van der Waals surface area contributed by atoms with Crippen LogP contribution in [0.25, 0.3) is 78.0 Å². The maximum absolute atomic E-state index is 15.9. The fourth-order valence-electron chi connectivity index (χ4n) is 10.8. The first-order valence-electron chi connectivity index (χ1n) is 28.2. The number of halogens is 2. The number of benzene rings is 6. The Morgan fingerprint density at radius 3 is 1.37 bits per heavy atom. The van der Waals surface area contributed by atoms with Crippen LogP contribution in [0, 0.1) is 11.6 Å². The molecule has 0 radical (unpaired) electrons. The molecule has 0 amide bonds. The average molecular weight is 1210 g/mol. The molecule has 2 fully saturated rings. The zero-order valence-corrected chi connectivity index (χ0v) is 49.7. The minimum absolute atomic E-state index is 0.102. The summed E-state index contributed by atoms with van der Waals surface area (Å²) in [5.41, 5.74) is 5.37. The van der Waals surface area contributed by atoms with Crippen molar-refractivity contribution in [3.8, 4) is 45.6 Å². The molecule has 12 rings (SSSR count). The van der Waals surface area contributed by atoms with E-state index in [0.717, 1.165) is 22.4 Å². The number of hydrogen-bond acceptors (Lipinski definition) is 17. The molecule has 21 nitrogen and oxygen atoms in total. The lowest BCUT2D eigenvalue weighted by Crippen LogP contribution is -2.37. The lowest BCUT2D eigenvalue weighted by atomic mass is 10.0. The van der Waals surface area contributed by atoms with Crippen molar-refractivity contribution in [3.05, 3.63) is 132 Å². The van der Waals surface area contributed by atoms with Crippen LogP contribution < -0.4 is 28.7 Å². The maximum atomic E-state index is 15.9. The topological polar surface area (TPSA) is 243 Å². The Labute approximate surface area is 495 Å². The van der Waals surface area contributed by atoms with Gasteiger partial charge in [0.25, 0.3) is 0 Å². The van der Waals surface area contributed by atoms with E-state index in [1.807, 2.05) is 66.1 Å². The quantitative estimate of drug-likeness (QED) is 0.0724. The summed E-state index contributed by atoms with van der Waals surface area (Å²) in [6, 6.07) is 31.6. The highest BCUT2D eigenvalue weighted by Gasteiger charge is 2.27. The molecular weight excluding hydrogens is 1150 g/mol. The highest BCUT2D eigenvalue weighted by Crippen LogP contribution is 2.41. The van der Waals surface area contributed by atoms with E-state index in [-0.39, 0.29) is 40.6 Å².